The predicted molar refractivity (Wildman–Crippen MR) is 91.0 cm³/mol. The van der Waals surface area contributed by atoms with Gasteiger partial charge in [0, 0.05) is 10.2 Å². The van der Waals surface area contributed by atoms with E-state index in [1.54, 1.807) is 4.68 Å². The summed E-state index contributed by atoms with van der Waals surface area (Å²) in [5.74, 6) is 0.168. The third-order valence-electron chi connectivity index (χ3n) is 2.85. The van der Waals surface area contributed by atoms with E-state index in [0.717, 1.165) is 15.7 Å². The van der Waals surface area contributed by atoms with Crippen LogP contribution in [0.3, 0.4) is 0 Å². The maximum absolute atomic E-state index is 12.0. The molecule has 1 aromatic carbocycles. The first kappa shape index (κ1) is 17.0. The molecule has 22 heavy (non-hydrogen) atoms. The highest BCUT2D eigenvalue weighted by Gasteiger charge is 2.20. The Kier molecular flexibility index (Phi) is 5.23. The molecular formula is C14H18BrN5OS. The van der Waals surface area contributed by atoms with E-state index < -0.39 is 0 Å². The largest absolute Gasteiger partial charge is 0.325 e. The summed E-state index contributed by atoms with van der Waals surface area (Å²) in [6.45, 7) is 8.01. The lowest BCUT2D eigenvalue weighted by molar-refractivity contribution is -0.113. The highest BCUT2D eigenvalue weighted by Crippen LogP contribution is 2.22. The summed E-state index contributed by atoms with van der Waals surface area (Å²) in [5, 5.41) is 15.1. The quantitative estimate of drug-likeness (QED) is 0.820. The van der Waals surface area contributed by atoms with Crippen molar-refractivity contribution in [3.05, 3.63) is 28.2 Å². The van der Waals surface area contributed by atoms with E-state index in [0.29, 0.717) is 5.16 Å². The Morgan fingerprint density at radius 3 is 2.77 bits per heavy atom. The third-order valence-corrected chi connectivity index (χ3v) is 4.66. The molecule has 8 heteroatoms. The fourth-order valence-corrected chi connectivity index (χ4v) is 2.85. The van der Waals surface area contributed by atoms with Gasteiger partial charge < -0.3 is 5.32 Å². The van der Waals surface area contributed by atoms with Crippen molar-refractivity contribution < 1.29 is 4.79 Å². The van der Waals surface area contributed by atoms with E-state index in [1.165, 1.54) is 11.8 Å². The molecule has 0 bridgehead atoms. The van der Waals surface area contributed by atoms with Crippen molar-refractivity contribution in [3.8, 4) is 0 Å². The van der Waals surface area contributed by atoms with Gasteiger partial charge in [0.2, 0.25) is 11.1 Å². The van der Waals surface area contributed by atoms with Crippen LogP contribution in [0.2, 0.25) is 0 Å². The number of carbonyl (C=O) groups excluding carboxylic acids is 1. The van der Waals surface area contributed by atoms with E-state index >= 15 is 0 Å². The number of hydrogen-bond acceptors (Lipinski definition) is 5. The van der Waals surface area contributed by atoms with Crippen molar-refractivity contribution in [1.82, 2.24) is 20.2 Å². The van der Waals surface area contributed by atoms with Crippen LogP contribution < -0.4 is 5.32 Å². The average molecular weight is 384 g/mol. The average Bonchev–Trinajstić information content (AvgIpc) is 2.89. The van der Waals surface area contributed by atoms with Crippen LogP contribution in [0.5, 0.6) is 0 Å². The van der Waals surface area contributed by atoms with Crippen molar-refractivity contribution >= 4 is 39.3 Å². The predicted octanol–water partition coefficient (Wildman–Crippen LogP) is 3.23. The molecule has 0 aliphatic heterocycles. The van der Waals surface area contributed by atoms with Crippen molar-refractivity contribution in [2.45, 2.75) is 38.4 Å². The molecule has 0 saturated carbocycles. The van der Waals surface area contributed by atoms with Crippen molar-refractivity contribution in [1.29, 1.82) is 0 Å². The number of aromatic nitrogens is 4. The Hall–Kier alpha value is -1.41. The Bertz CT molecular complexity index is 680. The minimum Gasteiger partial charge on any atom is -0.325 e. The zero-order valence-corrected chi connectivity index (χ0v) is 15.3. The molecule has 0 fully saturated rings. The van der Waals surface area contributed by atoms with E-state index in [9.17, 15) is 4.79 Å². The number of nitrogens with zero attached hydrogens (tertiary/aromatic N) is 4. The number of hydrogen-bond donors (Lipinski definition) is 1. The molecule has 0 aliphatic carbocycles. The van der Waals surface area contributed by atoms with Crippen LogP contribution in [-0.2, 0) is 10.3 Å². The van der Waals surface area contributed by atoms with Gasteiger partial charge in [-0.3, -0.25) is 4.79 Å². The number of tetrazole rings is 1. The summed E-state index contributed by atoms with van der Waals surface area (Å²) in [7, 11) is 0. The zero-order valence-electron chi connectivity index (χ0n) is 12.9. The van der Waals surface area contributed by atoms with Crippen LogP contribution in [0.25, 0.3) is 0 Å². The molecule has 118 valence electrons. The molecule has 0 saturated heterocycles. The molecular weight excluding hydrogens is 366 g/mol. The third kappa shape index (κ3) is 4.30. The van der Waals surface area contributed by atoms with Gasteiger partial charge in [0.1, 0.15) is 0 Å². The van der Waals surface area contributed by atoms with Gasteiger partial charge in [0.15, 0.2) is 0 Å². The Labute approximate surface area is 142 Å². The van der Waals surface area contributed by atoms with Gasteiger partial charge in [-0.1, -0.05) is 27.7 Å². The summed E-state index contributed by atoms with van der Waals surface area (Å²) in [6, 6.07) is 5.70. The first-order valence-electron chi connectivity index (χ1n) is 6.75. The van der Waals surface area contributed by atoms with E-state index in [-0.39, 0.29) is 17.2 Å². The number of benzene rings is 1. The maximum Gasteiger partial charge on any atom is 0.234 e. The summed E-state index contributed by atoms with van der Waals surface area (Å²) in [4.78, 5) is 12.0. The smallest absolute Gasteiger partial charge is 0.234 e. The maximum atomic E-state index is 12.0. The van der Waals surface area contributed by atoms with Crippen LogP contribution in [-0.4, -0.2) is 31.9 Å². The van der Waals surface area contributed by atoms with Gasteiger partial charge in [0.25, 0.3) is 0 Å². The molecule has 2 aromatic rings. The monoisotopic (exact) mass is 383 g/mol. The van der Waals surface area contributed by atoms with Crippen LogP contribution in [0, 0.1) is 6.92 Å². The number of nitrogens with one attached hydrogen (secondary N) is 1. The Morgan fingerprint density at radius 2 is 2.14 bits per heavy atom. The Morgan fingerprint density at radius 1 is 1.41 bits per heavy atom. The highest BCUT2D eigenvalue weighted by molar-refractivity contribution is 9.10. The molecule has 2 rings (SSSR count). The standard InChI is InChI=1S/C14H18BrN5OS/c1-9-7-10(5-6-11(9)15)16-12(21)8-22-13-17-18-19-20(13)14(2,3)4/h5-7H,8H2,1-4H3,(H,16,21). The molecule has 0 radical (unpaired) electrons. The zero-order chi connectivity index (χ0) is 16.3. The van der Waals surface area contributed by atoms with Gasteiger partial charge >= 0.3 is 0 Å². The van der Waals surface area contributed by atoms with Gasteiger partial charge in [-0.25, -0.2) is 4.68 Å². The fraction of sp³-hybridized carbons (Fsp3) is 0.429. The topological polar surface area (TPSA) is 72.7 Å². The first-order chi connectivity index (χ1) is 10.3. The molecule has 0 atom stereocenters. The molecule has 6 nitrogen and oxygen atoms in total. The lowest BCUT2D eigenvalue weighted by atomic mass is 10.1. The van der Waals surface area contributed by atoms with Gasteiger partial charge in [-0.15, -0.1) is 5.10 Å². The highest BCUT2D eigenvalue weighted by atomic mass is 79.9. The van der Waals surface area contributed by atoms with Crippen molar-refractivity contribution in [3.63, 3.8) is 0 Å². The minimum absolute atomic E-state index is 0.0878. The lowest BCUT2D eigenvalue weighted by Crippen LogP contribution is -2.24. The first-order valence-corrected chi connectivity index (χ1v) is 8.53. The summed E-state index contributed by atoms with van der Waals surface area (Å²) in [6.07, 6.45) is 0. The van der Waals surface area contributed by atoms with Crippen molar-refractivity contribution in [2.75, 3.05) is 11.1 Å². The van der Waals surface area contributed by atoms with Crippen molar-refractivity contribution in [2.24, 2.45) is 0 Å². The number of carbonyl (C=O) groups is 1. The summed E-state index contributed by atoms with van der Waals surface area (Å²) in [5.41, 5.74) is 1.63. The molecule has 0 spiro atoms. The molecule has 1 N–H and O–H groups in total. The second-order valence-corrected chi connectivity index (χ2v) is 7.64. The minimum atomic E-state index is -0.217. The fourth-order valence-electron chi connectivity index (χ4n) is 1.74. The van der Waals surface area contributed by atoms with E-state index in [4.69, 9.17) is 0 Å². The van der Waals surface area contributed by atoms with Gasteiger partial charge in [0.05, 0.1) is 11.3 Å². The normalized spacial score (nSPS) is 11.5. The summed E-state index contributed by atoms with van der Waals surface area (Å²) < 4.78 is 2.73. The van der Waals surface area contributed by atoms with E-state index in [2.05, 4.69) is 36.8 Å². The van der Waals surface area contributed by atoms with E-state index in [1.807, 2.05) is 45.9 Å². The molecule has 1 heterocycles. The number of halogens is 1. The van der Waals surface area contributed by atoms with Gasteiger partial charge in [-0.2, -0.15) is 0 Å². The molecule has 0 aliphatic rings. The molecule has 1 amide bonds. The SMILES string of the molecule is Cc1cc(NC(=O)CSc2nnnn2C(C)(C)C)ccc1Br. The van der Waals surface area contributed by atoms with Crippen LogP contribution in [0.4, 0.5) is 5.69 Å². The van der Waals surface area contributed by atoms with Crippen LogP contribution in [0.1, 0.15) is 26.3 Å². The second-order valence-electron chi connectivity index (χ2n) is 5.84. The number of amides is 1. The molecule has 0 unspecified atom stereocenters. The number of anilines is 1. The van der Waals surface area contributed by atoms with Crippen LogP contribution in [0.15, 0.2) is 27.8 Å². The Balaban J connectivity index is 1.96. The lowest BCUT2D eigenvalue weighted by Gasteiger charge is -2.19. The number of aryl methyl sites for hydroxylation is 1. The second kappa shape index (κ2) is 6.78. The van der Waals surface area contributed by atoms with Gasteiger partial charge in [-0.05, 0) is 61.9 Å². The van der Waals surface area contributed by atoms with Crippen LogP contribution >= 0.6 is 27.7 Å². The molecule has 1 aromatic heterocycles. The number of thioether (sulfide) groups is 1. The summed E-state index contributed by atoms with van der Waals surface area (Å²) >= 11 is 4.76. The number of rotatable bonds is 4.